The van der Waals surface area contributed by atoms with Gasteiger partial charge in [-0.15, -0.1) is 0 Å². The van der Waals surface area contributed by atoms with Gasteiger partial charge < -0.3 is 36.3 Å². The van der Waals surface area contributed by atoms with Gasteiger partial charge in [-0.3, -0.25) is 14.7 Å². The first kappa shape index (κ1) is 19.4. The van der Waals surface area contributed by atoms with E-state index in [9.17, 15) is 24.9 Å². The number of rotatable bonds is 5. The summed E-state index contributed by atoms with van der Waals surface area (Å²) in [5.41, 5.74) is 11.6. The topological polar surface area (TPSA) is 221 Å². The average Bonchev–Trinajstić information content (AvgIpc) is 3.23. The lowest BCUT2D eigenvalue weighted by atomic mass is 10.1. The van der Waals surface area contributed by atoms with Crippen LogP contribution in [-0.2, 0) is 14.3 Å². The van der Waals surface area contributed by atoms with E-state index in [2.05, 4.69) is 15.0 Å². The van der Waals surface area contributed by atoms with Gasteiger partial charge in [-0.05, 0) is 6.92 Å². The second-order valence-corrected chi connectivity index (χ2v) is 6.35. The van der Waals surface area contributed by atoms with Crippen molar-refractivity contribution in [1.82, 2.24) is 24.8 Å². The van der Waals surface area contributed by atoms with E-state index in [1.54, 1.807) is 5.32 Å². The Hall–Kier alpha value is -2.91. The van der Waals surface area contributed by atoms with Crippen molar-refractivity contribution in [1.29, 1.82) is 0 Å². The SMILES string of the molecule is [3H]C(OC(=O)NC(=O)[C@@H](N)[C@@H](C)O)[C@H]1O[C@@H](n2cnc3c(N)ncnc32)[C@H](O)[C@@H]1O. The van der Waals surface area contributed by atoms with Crippen molar-refractivity contribution in [2.45, 2.75) is 43.6 Å². The Morgan fingerprint density at radius 3 is 2.83 bits per heavy atom. The largest absolute Gasteiger partial charge is 0.446 e. The average molecular weight is 413 g/mol. The minimum absolute atomic E-state index is 0.0989. The number of nitrogens with one attached hydrogen (secondary N) is 1. The molecule has 0 saturated carbocycles. The number of carbonyl (C=O) groups excluding carboxylic acids is 2. The Labute approximate surface area is 164 Å². The van der Waals surface area contributed by atoms with Gasteiger partial charge >= 0.3 is 6.09 Å². The first-order valence-electron chi connectivity index (χ1n) is 9.01. The highest BCUT2D eigenvalue weighted by molar-refractivity contribution is 5.95. The predicted octanol–water partition coefficient (Wildman–Crippen LogP) is -3.01. The third kappa shape index (κ3) is 4.10. The maximum Gasteiger partial charge on any atom is 0.413 e. The molecular formula is C15H21N7O7. The quantitative estimate of drug-likeness (QED) is 0.288. The first-order chi connectivity index (χ1) is 14.1. The fourth-order valence-corrected chi connectivity index (χ4v) is 2.65. The first-order valence-corrected chi connectivity index (χ1v) is 8.43. The van der Waals surface area contributed by atoms with E-state index >= 15 is 0 Å². The van der Waals surface area contributed by atoms with Crippen molar-refractivity contribution in [3.05, 3.63) is 12.7 Å². The Morgan fingerprint density at radius 1 is 1.41 bits per heavy atom. The molecule has 1 saturated heterocycles. The zero-order valence-electron chi connectivity index (χ0n) is 16.1. The molecule has 3 heterocycles. The molecule has 2 amide bonds. The van der Waals surface area contributed by atoms with Gasteiger partial charge in [0.25, 0.3) is 0 Å². The fraction of sp³-hybridized carbons (Fsp3) is 0.533. The van der Waals surface area contributed by atoms with Crippen LogP contribution < -0.4 is 16.8 Å². The highest BCUT2D eigenvalue weighted by Crippen LogP contribution is 2.32. The lowest BCUT2D eigenvalue weighted by Crippen LogP contribution is -2.49. The number of ether oxygens (including phenoxy) is 2. The smallest absolute Gasteiger partial charge is 0.413 e. The van der Waals surface area contributed by atoms with E-state index in [-0.39, 0.29) is 17.0 Å². The minimum Gasteiger partial charge on any atom is -0.446 e. The Kier molecular flexibility index (Phi) is 5.50. The summed E-state index contributed by atoms with van der Waals surface area (Å²) in [7, 11) is 0. The van der Waals surface area contributed by atoms with Crippen molar-refractivity contribution in [3.63, 3.8) is 0 Å². The summed E-state index contributed by atoms with van der Waals surface area (Å²) >= 11 is 0. The number of carbonyl (C=O) groups is 2. The van der Waals surface area contributed by atoms with Crippen LogP contribution in [0.1, 0.15) is 14.5 Å². The molecule has 14 nitrogen and oxygen atoms in total. The van der Waals surface area contributed by atoms with Crippen LogP contribution in [0.2, 0.25) is 0 Å². The predicted molar refractivity (Wildman–Crippen MR) is 94.8 cm³/mol. The van der Waals surface area contributed by atoms with Gasteiger partial charge in [0, 0.05) is 0 Å². The molecule has 7 atom stereocenters. The van der Waals surface area contributed by atoms with Crippen LogP contribution in [0.3, 0.4) is 0 Å². The van der Waals surface area contributed by atoms with Crippen LogP contribution in [0, 0.1) is 0 Å². The van der Waals surface area contributed by atoms with Crippen molar-refractivity contribution in [2.24, 2.45) is 5.73 Å². The summed E-state index contributed by atoms with van der Waals surface area (Å²) in [6.07, 6.45) is -5.92. The van der Waals surface area contributed by atoms with E-state index in [1.165, 1.54) is 24.1 Å². The van der Waals surface area contributed by atoms with Gasteiger partial charge in [-0.2, -0.15) is 0 Å². The van der Waals surface area contributed by atoms with Crippen molar-refractivity contribution < 1.29 is 35.8 Å². The Balaban J connectivity index is 1.69. The molecular weight excluding hydrogens is 390 g/mol. The van der Waals surface area contributed by atoms with Crippen molar-refractivity contribution in [2.75, 3.05) is 12.3 Å². The van der Waals surface area contributed by atoms with Gasteiger partial charge in [0.15, 0.2) is 17.7 Å². The highest BCUT2D eigenvalue weighted by Gasteiger charge is 2.45. The second kappa shape index (κ2) is 8.22. The summed E-state index contributed by atoms with van der Waals surface area (Å²) in [6, 6.07) is -1.38. The van der Waals surface area contributed by atoms with E-state index in [4.69, 9.17) is 22.3 Å². The standard InChI is InChI=1S/C15H21N7O7/c1-5(23)7(16)13(26)21-15(27)28-2-6-9(24)10(25)14(29-6)22-4-20-8-11(17)18-3-19-12(8)22/h3-7,9-10,14,23-25H,2,16H2,1H3,(H2,17,18,19)(H,21,26,27)/t5-,6-,7+,9-,10-,14-/m1/s1/i2T/t2?,5-,6-,7+,9-,10-,14-. The lowest BCUT2D eigenvalue weighted by molar-refractivity contribution is -0.124. The van der Waals surface area contributed by atoms with Gasteiger partial charge in [-0.25, -0.2) is 19.7 Å². The second-order valence-electron chi connectivity index (χ2n) is 6.35. The van der Waals surface area contributed by atoms with E-state index in [0.29, 0.717) is 0 Å². The maximum atomic E-state index is 11.8. The summed E-state index contributed by atoms with van der Waals surface area (Å²) < 4.78 is 19.4. The molecule has 0 bridgehead atoms. The molecule has 1 fully saturated rings. The number of nitrogen functional groups attached to an aromatic ring is 1. The molecule has 1 unspecified atom stereocenters. The molecule has 3 rings (SSSR count). The number of anilines is 1. The van der Waals surface area contributed by atoms with Gasteiger partial charge in [0.1, 0.15) is 42.8 Å². The highest BCUT2D eigenvalue weighted by atomic mass is 16.6. The molecule has 1 aliphatic rings. The molecule has 0 spiro atoms. The number of hydrogen-bond acceptors (Lipinski definition) is 12. The molecule has 2 aromatic heterocycles. The number of imidazole rings is 1. The summed E-state index contributed by atoms with van der Waals surface area (Å²) in [5, 5.41) is 31.6. The number of alkyl carbamates (subject to hydrolysis) is 1. The number of amides is 2. The maximum absolute atomic E-state index is 11.8. The lowest BCUT2D eigenvalue weighted by Gasteiger charge is -2.17. The number of fused-ring (bicyclic) bond motifs is 1. The van der Waals surface area contributed by atoms with Crippen molar-refractivity contribution >= 4 is 29.0 Å². The number of aliphatic hydroxyl groups excluding tert-OH is 3. The molecule has 158 valence electrons. The molecule has 0 aliphatic carbocycles. The third-order valence-corrected chi connectivity index (χ3v) is 4.29. The van der Waals surface area contributed by atoms with Gasteiger partial charge in [0.2, 0.25) is 5.91 Å². The fourth-order valence-electron chi connectivity index (χ4n) is 2.65. The van der Waals surface area contributed by atoms with Crippen LogP contribution in [0.5, 0.6) is 0 Å². The minimum atomic E-state index is -1.82. The normalized spacial score (nSPS) is 27.8. The number of hydrogen-bond donors (Lipinski definition) is 6. The summed E-state index contributed by atoms with van der Waals surface area (Å²) in [5.74, 6) is -0.920. The zero-order valence-corrected chi connectivity index (χ0v) is 15.1. The van der Waals surface area contributed by atoms with Gasteiger partial charge in [0.05, 0.1) is 13.8 Å². The molecule has 2 aromatic rings. The van der Waals surface area contributed by atoms with Crippen LogP contribution in [0.4, 0.5) is 10.6 Å². The molecule has 0 aromatic carbocycles. The van der Waals surface area contributed by atoms with E-state index in [0.717, 1.165) is 0 Å². The number of aliphatic hydroxyl groups is 3. The van der Waals surface area contributed by atoms with Crippen molar-refractivity contribution in [3.8, 4) is 0 Å². The van der Waals surface area contributed by atoms with Crippen LogP contribution in [-0.4, -0.2) is 83.9 Å². The molecule has 8 N–H and O–H groups in total. The van der Waals surface area contributed by atoms with Crippen LogP contribution in [0.15, 0.2) is 12.7 Å². The Morgan fingerprint density at radius 2 is 2.14 bits per heavy atom. The van der Waals surface area contributed by atoms with Crippen LogP contribution in [0.25, 0.3) is 11.2 Å². The van der Waals surface area contributed by atoms with Gasteiger partial charge in [-0.1, -0.05) is 0 Å². The molecule has 1 aliphatic heterocycles. The Bertz CT molecular complexity index is 941. The number of nitrogens with two attached hydrogens (primary N) is 2. The number of nitrogens with zero attached hydrogens (tertiary/aromatic N) is 4. The molecule has 0 radical (unpaired) electrons. The third-order valence-electron chi connectivity index (χ3n) is 4.29. The molecule has 29 heavy (non-hydrogen) atoms. The number of aromatic nitrogens is 4. The summed E-state index contributed by atoms with van der Waals surface area (Å²) in [4.78, 5) is 35.3. The van der Waals surface area contributed by atoms with Crippen LogP contribution >= 0.6 is 0 Å². The van der Waals surface area contributed by atoms with E-state index < -0.39 is 55.3 Å². The monoisotopic (exact) mass is 413 g/mol. The zero-order chi connectivity index (χ0) is 22.2. The van der Waals surface area contributed by atoms with E-state index in [1.807, 2.05) is 0 Å². The molecule has 14 heteroatoms. The summed E-state index contributed by atoms with van der Waals surface area (Å²) in [6.45, 7) is -0.560. The number of imide groups is 1.